The molecule has 0 spiro atoms. The molecule has 3 aliphatic rings. The van der Waals surface area contributed by atoms with E-state index in [2.05, 4.69) is 16.7 Å². The third-order valence-corrected chi connectivity index (χ3v) is 5.40. The van der Waals surface area contributed by atoms with Gasteiger partial charge in [-0.05, 0) is 49.4 Å². The highest BCUT2D eigenvalue weighted by atomic mass is 19.4. The van der Waals surface area contributed by atoms with Crippen molar-refractivity contribution in [3.63, 3.8) is 0 Å². The Morgan fingerprint density at radius 3 is 2.33 bits per heavy atom. The molecule has 1 aromatic rings. The number of nitrogens with one attached hydrogen (secondary N) is 2. The minimum atomic E-state index is -5.08. The molecule has 0 unspecified atom stereocenters. The molecule has 0 aromatic heterocycles. The number of amides is 1. The van der Waals surface area contributed by atoms with Crippen LogP contribution in [0.3, 0.4) is 0 Å². The minimum absolute atomic E-state index is 0.240. The Kier molecular flexibility index (Phi) is 6.35. The summed E-state index contributed by atoms with van der Waals surface area (Å²) in [6.07, 6.45) is -1.75. The predicted octanol–water partition coefficient (Wildman–Crippen LogP) is 3.70. The zero-order valence-electron chi connectivity index (χ0n) is 16.0. The van der Waals surface area contributed by atoms with Crippen molar-refractivity contribution in [3.8, 4) is 0 Å². The molecular formula is C20H23F5N2O3. The number of carboxylic acids is 1. The number of halogens is 5. The second-order valence-corrected chi connectivity index (χ2v) is 8.16. The molecule has 1 amide bonds. The van der Waals surface area contributed by atoms with E-state index in [-0.39, 0.29) is 18.7 Å². The summed E-state index contributed by atoms with van der Waals surface area (Å²) in [5.41, 5.74) is 1.75. The number of carbonyl (C=O) groups is 2. The zero-order chi connectivity index (χ0) is 22.1. The van der Waals surface area contributed by atoms with Gasteiger partial charge >= 0.3 is 12.1 Å². The third kappa shape index (κ3) is 6.38. The summed E-state index contributed by atoms with van der Waals surface area (Å²) in [4.78, 5) is 21.1. The molecule has 0 heterocycles. The first-order chi connectivity index (χ1) is 13.9. The van der Waals surface area contributed by atoms with Gasteiger partial charge in [0.1, 0.15) is 0 Å². The van der Waals surface area contributed by atoms with Crippen LogP contribution in [-0.2, 0) is 4.79 Å². The van der Waals surface area contributed by atoms with Gasteiger partial charge in [-0.1, -0.05) is 12.1 Å². The Morgan fingerprint density at radius 1 is 1.17 bits per heavy atom. The average Bonchev–Trinajstić information content (AvgIpc) is 3.52. The smallest absolute Gasteiger partial charge is 0.475 e. The number of benzene rings is 1. The highest BCUT2D eigenvalue weighted by molar-refractivity contribution is 5.94. The number of rotatable bonds is 6. The first-order valence-corrected chi connectivity index (χ1v) is 9.77. The molecule has 5 nitrogen and oxygen atoms in total. The van der Waals surface area contributed by atoms with E-state index < -0.39 is 24.1 Å². The van der Waals surface area contributed by atoms with Crippen LogP contribution in [0.5, 0.6) is 0 Å². The van der Waals surface area contributed by atoms with Gasteiger partial charge in [-0.15, -0.1) is 0 Å². The molecule has 30 heavy (non-hydrogen) atoms. The lowest BCUT2D eigenvalue weighted by Crippen LogP contribution is -2.50. The van der Waals surface area contributed by atoms with Crippen molar-refractivity contribution in [2.75, 3.05) is 6.54 Å². The Bertz CT molecular complexity index is 787. The van der Waals surface area contributed by atoms with Crippen LogP contribution in [-0.4, -0.2) is 47.7 Å². The summed E-state index contributed by atoms with van der Waals surface area (Å²) < 4.78 is 57.4. The summed E-state index contributed by atoms with van der Waals surface area (Å²) in [7, 11) is 0. The number of hydrogen-bond acceptors (Lipinski definition) is 3. The maximum Gasteiger partial charge on any atom is 0.490 e. The van der Waals surface area contributed by atoms with Crippen LogP contribution >= 0.6 is 0 Å². The number of carboxylic acid groups (broad SMARTS) is 1. The van der Waals surface area contributed by atoms with Crippen molar-refractivity contribution in [1.82, 2.24) is 10.6 Å². The molecule has 4 rings (SSSR count). The van der Waals surface area contributed by atoms with E-state index in [1.807, 2.05) is 12.1 Å². The molecule has 166 valence electrons. The monoisotopic (exact) mass is 434 g/mol. The summed E-state index contributed by atoms with van der Waals surface area (Å²) in [6.45, 7) is 1.11. The molecule has 10 heteroatoms. The van der Waals surface area contributed by atoms with Crippen molar-refractivity contribution in [1.29, 1.82) is 0 Å². The van der Waals surface area contributed by atoms with Gasteiger partial charge in [-0.3, -0.25) is 4.79 Å². The van der Waals surface area contributed by atoms with E-state index in [0.29, 0.717) is 17.5 Å². The fourth-order valence-electron chi connectivity index (χ4n) is 3.37. The topological polar surface area (TPSA) is 78.4 Å². The SMILES string of the molecule is O=C(NC1CC(F)(F)C1)c1cccc([C@@H]2C[C@H]2NCC2CC2)c1.O=C(O)C(F)(F)F. The predicted molar refractivity (Wildman–Crippen MR) is 97.4 cm³/mol. The van der Waals surface area contributed by atoms with Crippen molar-refractivity contribution >= 4 is 11.9 Å². The molecule has 3 saturated carbocycles. The van der Waals surface area contributed by atoms with Crippen molar-refractivity contribution in [2.24, 2.45) is 5.92 Å². The lowest BCUT2D eigenvalue weighted by atomic mass is 9.88. The maximum atomic E-state index is 12.8. The van der Waals surface area contributed by atoms with Crippen LogP contribution in [0.15, 0.2) is 24.3 Å². The molecule has 1 aromatic carbocycles. The molecule has 0 bridgehead atoms. The number of carbonyl (C=O) groups excluding carboxylic acids is 1. The van der Waals surface area contributed by atoms with Gasteiger partial charge in [0.05, 0.1) is 0 Å². The lowest BCUT2D eigenvalue weighted by molar-refractivity contribution is -0.192. The van der Waals surface area contributed by atoms with Gasteiger partial charge in [-0.2, -0.15) is 13.2 Å². The van der Waals surface area contributed by atoms with Crippen LogP contribution in [0.1, 0.15) is 53.9 Å². The van der Waals surface area contributed by atoms with Crippen LogP contribution in [0.2, 0.25) is 0 Å². The van der Waals surface area contributed by atoms with Crippen molar-refractivity contribution in [2.45, 2.75) is 62.2 Å². The zero-order valence-corrected chi connectivity index (χ0v) is 16.0. The molecule has 3 aliphatic carbocycles. The minimum Gasteiger partial charge on any atom is -0.475 e. The van der Waals surface area contributed by atoms with Gasteiger partial charge in [-0.25, -0.2) is 13.6 Å². The molecule has 2 atom stereocenters. The van der Waals surface area contributed by atoms with E-state index in [4.69, 9.17) is 9.90 Å². The average molecular weight is 434 g/mol. The Hall–Kier alpha value is -2.23. The highest BCUT2D eigenvalue weighted by Gasteiger charge is 2.46. The van der Waals surface area contributed by atoms with Crippen LogP contribution in [0.25, 0.3) is 0 Å². The second kappa shape index (κ2) is 8.49. The summed E-state index contributed by atoms with van der Waals surface area (Å²) in [6, 6.07) is 7.74. The van der Waals surface area contributed by atoms with Gasteiger partial charge in [0.25, 0.3) is 11.8 Å². The highest BCUT2D eigenvalue weighted by Crippen LogP contribution is 2.42. The third-order valence-electron chi connectivity index (χ3n) is 5.40. The summed E-state index contributed by atoms with van der Waals surface area (Å²) >= 11 is 0. The van der Waals surface area contributed by atoms with Gasteiger partial charge in [0.2, 0.25) is 0 Å². The first kappa shape index (κ1) is 22.5. The molecule has 0 saturated heterocycles. The van der Waals surface area contributed by atoms with E-state index >= 15 is 0 Å². The van der Waals surface area contributed by atoms with Crippen LogP contribution < -0.4 is 10.6 Å². The van der Waals surface area contributed by atoms with Crippen molar-refractivity contribution in [3.05, 3.63) is 35.4 Å². The summed E-state index contributed by atoms with van der Waals surface area (Å²) in [5.74, 6) is -4.25. The van der Waals surface area contributed by atoms with E-state index in [1.165, 1.54) is 18.4 Å². The molecule has 0 aliphatic heterocycles. The van der Waals surface area contributed by atoms with E-state index in [9.17, 15) is 26.7 Å². The lowest BCUT2D eigenvalue weighted by Gasteiger charge is -2.35. The van der Waals surface area contributed by atoms with Gasteiger partial charge < -0.3 is 15.7 Å². The fourth-order valence-corrected chi connectivity index (χ4v) is 3.37. The number of aliphatic carboxylic acids is 1. The molecule has 3 N–H and O–H groups in total. The van der Waals surface area contributed by atoms with Crippen molar-refractivity contribution < 1.29 is 36.6 Å². The second-order valence-electron chi connectivity index (χ2n) is 8.16. The molecule has 0 radical (unpaired) electrons. The molecule has 3 fully saturated rings. The first-order valence-electron chi connectivity index (χ1n) is 9.77. The Labute approximate surface area is 170 Å². The van der Waals surface area contributed by atoms with Gasteiger partial charge in [0.15, 0.2) is 0 Å². The maximum absolute atomic E-state index is 12.8. The number of hydrogen-bond donors (Lipinski definition) is 3. The molecular weight excluding hydrogens is 411 g/mol. The van der Waals surface area contributed by atoms with E-state index in [1.54, 1.807) is 6.07 Å². The standard InChI is InChI=1S/C18H22F2N2O.C2HF3O2/c19-18(20)8-14(9-18)22-17(23)13-3-1-2-12(6-13)15-7-16(15)21-10-11-4-5-11;3-2(4,5)1(6)7/h1-3,6,11,14-16,21H,4-5,7-10H2,(H,22,23);(H,6,7)/t15-,16+;/m0./s1. The summed E-state index contributed by atoms with van der Waals surface area (Å²) in [5, 5.41) is 13.4. The van der Waals surface area contributed by atoms with Crippen LogP contribution in [0, 0.1) is 5.92 Å². The van der Waals surface area contributed by atoms with E-state index in [0.717, 1.165) is 18.9 Å². The fraction of sp³-hybridized carbons (Fsp3) is 0.600. The number of alkyl halides is 5. The van der Waals surface area contributed by atoms with Crippen LogP contribution in [0.4, 0.5) is 22.0 Å². The Balaban J connectivity index is 0.000000318. The quantitative estimate of drug-likeness (QED) is 0.597. The van der Waals surface area contributed by atoms with Gasteiger partial charge in [0, 0.05) is 36.4 Å². The Morgan fingerprint density at radius 2 is 1.80 bits per heavy atom. The normalized spacial score (nSPS) is 24.8. The largest absolute Gasteiger partial charge is 0.490 e.